The lowest BCUT2D eigenvalue weighted by Crippen LogP contribution is -2.35. The van der Waals surface area contributed by atoms with E-state index in [2.05, 4.69) is 32.2 Å². The van der Waals surface area contributed by atoms with Crippen LogP contribution in [0.1, 0.15) is 32.3 Å². The van der Waals surface area contributed by atoms with Crippen LogP contribution in [0.5, 0.6) is 0 Å². The first-order chi connectivity index (χ1) is 14.5. The quantitative estimate of drug-likeness (QED) is 0.498. The van der Waals surface area contributed by atoms with Crippen molar-refractivity contribution in [2.45, 2.75) is 38.6 Å². The summed E-state index contributed by atoms with van der Waals surface area (Å²) in [7, 11) is -5.64. The summed E-state index contributed by atoms with van der Waals surface area (Å²) < 4.78 is 64.2. The molecule has 1 aromatic heterocycles. The molecule has 170 valence electrons. The SMILES string of the molecule is CCCCN1CC(C)Cc2cc(N=Nc3nnc(Cl)s3)c(NS(=O)(=O)C(F)(F)F)cc21. The van der Waals surface area contributed by atoms with Gasteiger partial charge in [-0.2, -0.15) is 21.6 Å². The minimum atomic E-state index is -5.64. The second-order valence-electron chi connectivity index (χ2n) is 7.20. The molecule has 1 aromatic carbocycles. The summed E-state index contributed by atoms with van der Waals surface area (Å²) in [5, 5.41) is 15.1. The molecule has 1 unspecified atom stereocenters. The molecular weight excluding hydrogens is 477 g/mol. The first-order valence-electron chi connectivity index (χ1n) is 9.42. The van der Waals surface area contributed by atoms with Crippen LogP contribution in [0, 0.1) is 5.92 Å². The van der Waals surface area contributed by atoms with Gasteiger partial charge >= 0.3 is 15.5 Å². The van der Waals surface area contributed by atoms with Crippen LogP contribution in [0.15, 0.2) is 22.4 Å². The molecule has 1 atom stereocenters. The Balaban J connectivity index is 2.07. The van der Waals surface area contributed by atoms with Crippen LogP contribution in [0.2, 0.25) is 4.47 Å². The number of unbranched alkanes of at least 4 members (excludes halogenated alkanes) is 1. The molecule has 1 N–H and O–H groups in total. The number of alkyl halides is 3. The van der Waals surface area contributed by atoms with E-state index in [1.54, 1.807) is 10.8 Å². The van der Waals surface area contributed by atoms with E-state index in [9.17, 15) is 21.6 Å². The average Bonchev–Trinajstić information content (AvgIpc) is 3.08. The van der Waals surface area contributed by atoms with Gasteiger partial charge in [-0.3, -0.25) is 4.72 Å². The van der Waals surface area contributed by atoms with Crippen molar-refractivity contribution in [3.05, 3.63) is 22.2 Å². The maximum atomic E-state index is 13.0. The van der Waals surface area contributed by atoms with Gasteiger partial charge in [0, 0.05) is 18.8 Å². The third kappa shape index (κ3) is 5.63. The van der Waals surface area contributed by atoms with Crippen LogP contribution in [-0.4, -0.2) is 37.2 Å². The van der Waals surface area contributed by atoms with Gasteiger partial charge in [0.2, 0.25) is 4.47 Å². The Kier molecular flexibility index (Phi) is 7.06. The third-order valence-electron chi connectivity index (χ3n) is 4.60. The highest BCUT2D eigenvalue weighted by Crippen LogP contribution is 2.40. The van der Waals surface area contributed by atoms with Gasteiger partial charge in [-0.1, -0.05) is 31.6 Å². The Labute approximate surface area is 186 Å². The Morgan fingerprint density at radius 1 is 1.32 bits per heavy atom. The Bertz CT molecular complexity index is 1070. The second-order valence-corrected chi connectivity index (χ2v) is 10.4. The minimum absolute atomic E-state index is 0.0533. The molecule has 0 bridgehead atoms. The standard InChI is InChI=1S/C17H20ClF3N6O2S2/c1-3-4-5-27-9-10(2)6-11-7-12(22-24-16-25-23-15(18)30-16)13(8-14(11)27)26-31(28,29)17(19,20)21/h7-8,10,26H,3-6,9H2,1-2H3. The summed E-state index contributed by atoms with van der Waals surface area (Å²) in [5.41, 5.74) is -4.30. The van der Waals surface area contributed by atoms with Gasteiger partial charge in [-0.05, 0) is 48.1 Å². The Hall–Kier alpha value is -1.99. The average molecular weight is 497 g/mol. The Morgan fingerprint density at radius 2 is 2.06 bits per heavy atom. The molecule has 3 rings (SSSR count). The van der Waals surface area contributed by atoms with Crippen LogP contribution in [0.3, 0.4) is 0 Å². The molecule has 0 amide bonds. The largest absolute Gasteiger partial charge is 0.516 e. The van der Waals surface area contributed by atoms with E-state index in [1.165, 1.54) is 6.07 Å². The number of hydrogen-bond donors (Lipinski definition) is 1. The van der Waals surface area contributed by atoms with Gasteiger partial charge in [0.15, 0.2) is 0 Å². The van der Waals surface area contributed by atoms with Crippen LogP contribution in [0.25, 0.3) is 0 Å². The first kappa shape index (κ1) is 23.7. The number of azo groups is 1. The van der Waals surface area contributed by atoms with Crippen molar-refractivity contribution in [2.24, 2.45) is 16.1 Å². The van der Waals surface area contributed by atoms with E-state index in [-0.39, 0.29) is 21.0 Å². The van der Waals surface area contributed by atoms with Crippen molar-refractivity contribution in [2.75, 3.05) is 22.7 Å². The molecule has 0 spiro atoms. The molecule has 0 saturated heterocycles. The van der Waals surface area contributed by atoms with Crippen LogP contribution in [0.4, 0.5) is 35.4 Å². The van der Waals surface area contributed by atoms with Crippen LogP contribution < -0.4 is 9.62 Å². The lowest BCUT2D eigenvalue weighted by Gasteiger charge is -2.35. The smallest absolute Gasteiger partial charge is 0.371 e. The Morgan fingerprint density at radius 3 is 2.68 bits per heavy atom. The van der Waals surface area contributed by atoms with Crippen molar-refractivity contribution >= 4 is 55.2 Å². The van der Waals surface area contributed by atoms with E-state index < -0.39 is 15.5 Å². The summed E-state index contributed by atoms with van der Waals surface area (Å²) in [6.07, 6.45) is 2.52. The number of rotatable bonds is 7. The van der Waals surface area contributed by atoms with Crippen molar-refractivity contribution in [3.8, 4) is 0 Å². The summed E-state index contributed by atoms with van der Waals surface area (Å²) >= 11 is 6.63. The van der Waals surface area contributed by atoms with Gasteiger partial charge in [0.1, 0.15) is 5.69 Å². The van der Waals surface area contributed by atoms with Crippen molar-refractivity contribution in [1.29, 1.82) is 0 Å². The molecule has 0 saturated carbocycles. The van der Waals surface area contributed by atoms with Gasteiger partial charge in [-0.25, -0.2) is 0 Å². The zero-order valence-electron chi connectivity index (χ0n) is 16.6. The molecule has 0 aliphatic carbocycles. The number of nitrogens with one attached hydrogen (secondary N) is 1. The topological polar surface area (TPSA) is 99.9 Å². The van der Waals surface area contributed by atoms with Crippen molar-refractivity contribution < 1.29 is 21.6 Å². The zero-order chi connectivity index (χ0) is 22.8. The second kappa shape index (κ2) is 9.25. The summed E-state index contributed by atoms with van der Waals surface area (Å²) in [4.78, 5) is 2.06. The van der Waals surface area contributed by atoms with Gasteiger partial charge < -0.3 is 4.90 Å². The lowest BCUT2D eigenvalue weighted by atomic mass is 9.93. The van der Waals surface area contributed by atoms with E-state index in [0.717, 1.165) is 36.3 Å². The maximum absolute atomic E-state index is 13.0. The van der Waals surface area contributed by atoms with E-state index >= 15 is 0 Å². The minimum Gasteiger partial charge on any atom is -0.371 e. The van der Waals surface area contributed by atoms with E-state index in [1.807, 2.05) is 6.92 Å². The molecule has 2 aromatic rings. The summed E-state index contributed by atoms with van der Waals surface area (Å²) in [6.45, 7) is 5.55. The third-order valence-corrected chi connectivity index (χ3v) is 6.60. The van der Waals surface area contributed by atoms with Crippen LogP contribution >= 0.6 is 22.9 Å². The highest BCUT2D eigenvalue weighted by molar-refractivity contribution is 7.93. The van der Waals surface area contributed by atoms with Crippen molar-refractivity contribution in [1.82, 2.24) is 10.2 Å². The van der Waals surface area contributed by atoms with E-state index in [4.69, 9.17) is 11.6 Å². The summed E-state index contributed by atoms with van der Waals surface area (Å²) in [6, 6.07) is 2.95. The number of halogens is 4. The number of nitrogens with zero attached hydrogens (tertiary/aromatic N) is 5. The van der Waals surface area contributed by atoms with E-state index in [0.29, 0.717) is 24.6 Å². The van der Waals surface area contributed by atoms with Gasteiger partial charge in [0.05, 0.1) is 5.69 Å². The first-order valence-corrected chi connectivity index (χ1v) is 12.1. The van der Waals surface area contributed by atoms with Gasteiger partial charge in [-0.15, -0.1) is 20.4 Å². The molecule has 0 fully saturated rings. The molecule has 0 radical (unpaired) electrons. The van der Waals surface area contributed by atoms with Crippen LogP contribution in [-0.2, 0) is 16.4 Å². The summed E-state index contributed by atoms with van der Waals surface area (Å²) in [5.74, 6) is 0.314. The number of anilines is 2. The zero-order valence-corrected chi connectivity index (χ0v) is 19.0. The monoisotopic (exact) mass is 496 g/mol. The predicted octanol–water partition coefficient (Wildman–Crippen LogP) is 5.67. The number of aromatic nitrogens is 2. The highest BCUT2D eigenvalue weighted by Gasteiger charge is 2.46. The molecule has 31 heavy (non-hydrogen) atoms. The fourth-order valence-electron chi connectivity index (χ4n) is 3.26. The number of fused-ring (bicyclic) bond motifs is 1. The molecule has 1 aliphatic rings. The van der Waals surface area contributed by atoms with Crippen molar-refractivity contribution in [3.63, 3.8) is 0 Å². The lowest BCUT2D eigenvalue weighted by molar-refractivity contribution is -0.0429. The number of sulfonamides is 1. The fourth-order valence-corrected chi connectivity index (χ4v) is 4.46. The van der Waals surface area contributed by atoms with Gasteiger partial charge in [0.25, 0.3) is 5.13 Å². The molecule has 14 heteroatoms. The highest BCUT2D eigenvalue weighted by atomic mass is 35.5. The maximum Gasteiger partial charge on any atom is 0.516 e. The fraction of sp³-hybridized carbons (Fsp3) is 0.529. The molecular formula is C17H20ClF3N6O2S2. The normalized spacial score (nSPS) is 17.2. The molecule has 2 heterocycles. The number of benzene rings is 1. The number of hydrogen-bond acceptors (Lipinski definition) is 8. The molecule has 1 aliphatic heterocycles. The predicted molar refractivity (Wildman–Crippen MR) is 114 cm³/mol. The molecule has 8 nitrogen and oxygen atoms in total.